The maximum absolute atomic E-state index is 12.1. The van der Waals surface area contributed by atoms with Gasteiger partial charge in [-0.1, -0.05) is 44.2 Å². The molecule has 0 spiro atoms. The minimum Gasteiger partial charge on any atom is -0.435 e. The number of hydrogen-bond acceptors (Lipinski definition) is 3. The lowest BCUT2D eigenvalue weighted by atomic mass is 10.0. The minimum absolute atomic E-state index is 0.0961. The Labute approximate surface area is 152 Å². The lowest BCUT2D eigenvalue weighted by molar-refractivity contribution is -0.119. The number of para-hydroxylation sites is 1. The first-order chi connectivity index (χ1) is 12.5. The summed E-state index contributed by atoms with van der Waals surface area (Å²) in [5, 5.41) is 6.01. The predicted octanol–water partition coefficient (Wildman–Crippen LogP) is 4.18. The lowest BCUT2D eigenvalue weighted by Gasteiger charge is -2.14. The first-order valence-corrected chi connectivity index (χ1v) is 8.59. The SMILES string of the molecule is CC(C)c1ccccc1NCC(=O)NCCc1ccc(OC(F)F)cc1. The number of amides is 1. The Morgan fingerprint density at radius 2 is 1.77 bits per heavy atom. The van der Waals surface area contributed by atoms with Gasteiger partial charge in [-0.15, -0.1) is 0 Å². The predicted molar refractivity (Wildman–Crippen MR) is 98.8 cm³/mol. The van der Waals surface area contributed by atoms with Crippen molar-refractivity contribution in [3.63, 3.8) is 0 Å². The second-order valence-corrected chi connectivity index (χ2v) is 6.22. The summed E-state index contributed by atoms with van der Waals surface area (Å²) in [6.45, 7) is 2.07. The largest absolute Gasteiger partial charge is 0.435 e. The Balaban J connectivity index is 1.74. The third kappa shape index (κ3) is 6.35. The number of ether oxygens (including phenoxy) is 1. The average Bonchev–Trinajstić information content (AvgIpc) is 2.61. The molecule has 0 aliphatic heterocycles. The highest BCUT2D eigenvalue weighted by Crippen LogP contribution is 2.23. The Morgan fingerprint density at radius 1 is 1.08 bits per heavy atom. The van der Waals surface area contributed by atoms with Crippen molar-refractivity contribution in [3.8, 4) is 5.75 Å². The molecule has 0 bridgehead atoms. The summed E-state index contributed by atoms with van der Waals surface area (Å²) >= 11 is 0. The van der Waals surface area contributed by atoms with Crippen LogP contribution < -0.4 is 15.4 Å². The van der Waals surface area contributed by atoms with Crippen molar-refractivity contribution in [2.45, 2.75) is 32.8 Å². The molecule has 0 aliphatic carbocycles. The zero-order valence-corrected chi connectivity index (χ0v) is 15.0. The van der Waals surface area contributed by atoms with Crippen LogP contribution in [-0.2, 0) is 11.2 Å². The molecule has 6 heteroatoms. The Morgan fingerprint density at radius 3 is 2.42 bits per heavy atom. The first kappa shape index (κ1) is 19.7. The van der Waals surface area contributed by atoms with Crippen LogP contribution in [0, 0.1) is 0 Å². The molecule has 1 amide bonds. The molecule has 26 heavy (non-hydrogen) atoms. The van der Waals surface area contributed by atoms with E-state index in [0.29, 0.717) is 18.9 Å². The van der Waals surface area contributed by atoms with E-state index in [2.05, 4.69) is 29.2 Å². The summed E-state index contributed by atoms with van der Waals surface area (Å²) in [6, 6.07) is 14.3. The van der Waals surface area contributed by atoms with E-state index in [9.17, 15) is 13.6 Å². The van der Waals surface area contributed by atoms with E-state index in [-0.39, 0.29) is 18.2 Å². The van der Waals surface area contributed by atoms with E-state index < -0.39 is 6.61 Å². The number of nitrogens with one attached hydrogen (secondary N) is 2. The molecule has 0 unspecified atom stereocenters. The normalized spacial score (nSPS) is 10.8. The molecule has 0 radical (unpaired) electrons. The highest BCUT2D eigenvalue weighted by atomic mass is 19.3. The molecule has 0 atom stereocenters. The lowest BCUT2D eigenvalue weighted by Crippen LogP contribution is -2.31. The third-order valence-corrected chi connectivity index (χ3v) is 3.91. The maximum Gasteiger partial charge on any atom is 0.387 e. The number of anilines is 1. The van der Waals surface area contributed by atoms with Crippen LogP contribution >= 0.6 is 0 Å². The quantitative estimate of drug-likeness (QED) is 0.703. The summed E-state index contributed by atoms with van der Waals surface area (Å²) in [4.78, 5) is 12.0. The van der Waals surface area contributed by atoms with Crippen molar-refractivity contribution in [2.75, 3.05) is 18.4 Å². The van der Waals surface area contributed by atoms with Crippen LogP contribution in [0.4, 0.5) is 14.5 Å². The van der Waals surface area contributed by atoms with E-state index in [1.807, 2.05) is 24.3 Å². The average molecular weight is 362 g/mol. The van der Waals surface area contributed by atoms with Crippen LogP contribution in [0.1, 0.15) is 30.9 Å². The van der Waals surface area contributed by atoms with Gasteiger partial charge in [-0.25, -0.2) is 0 Å². The third-order valence-electron chi connectivity index (χ3n) is 3.91. The Bertz CT molecular complexity index is 703. The number of carbonyl (C=O) groups excluding carboxylic acids is 1. The fraction of sp³-hybridized carbons (Fsp3) is 0.350. The zero-order chi connectivity index (χ0) is 18.9. The smallest absolute Gasteiger partial charge is 0.387 e. The van der Waals surface area contributed by atoms with Crippen LogP contribution in [0.3, 0.4) is 0 Å². The minimum atomic E-state index is -2.83. The molecule has 2 aromatic carbocycles. The summed E-state index contributed by atoms with van der Waals surface area (Å²) < 4.78 is 28.5. The number of rotatable bonds is 9. The molecule has 2 aromatic rings. The second-order valence-electron chi connectivity index (χ2n) is 6.22. The fourth-order valence-corrected chi connectivity index (χ4v) is 2.58. The number of halogens is 2. The van der Waals surface area contributed by atoms with Crippen LogP contribution in [0.2, 0.25) is 0 Å². The van der Waals surface area contributed by atoms with Gasteiger partial charge >= 0.3 is 6.61 Å². The van der Waals surface area contributed by atoms with E-state index >= 15 is 0 Å². The standard InChI is InChI=1S/C20H24F2N2O2/c1-14(2)17-5-3-4-6-18(17)24-13-19(25)23-12-11-15-7-9-16(10-8-15)26-20(21)22/h3-10,14,20,24H,11-13H2,1-2H3,(H,23,25). The van der Waals surface area contributed by atoms with Gasteiger partial charge in [0.1, 0.15) is 5.75 Å². The first-order valence-electron chi connectivity index (χ1n) is 8.59. The highest BCUT2D eigenvalue weighted by Gasteiger charge is 2.07. The van der Waals surface area contributed by atoms with Crippen molar-refractivity contribution in [1.29, 1.82) is 0 Å². The molecule has 140 valence electrons. The second kappa shape index (κ2) is 9.75. The fourth-order valence-electron chi connectivity index (χ4n) is 2.58. The molecule has 0 heterocycles. The number of carbonyl (C=O) groups is 1. The van der Waals surface area contributed by atoms with E-state index in [1.54, 1.807) is 12.1 Å². The highest BCUT2D eigenvalue weighted by molar-refractivity contribution is 5.81. The maximum atomic E-state index is 12.1. The monoisotopic (exact) mass is 362 g/mol. The van der Waals surface area contributed by atoms with Gasteiger partial charge in [0.25, 0.3) is 0 Å². The van der Waals surface area contributed by atoms with Crippen molar-refractivity contribution >= 4 is 11.6 Å². The van der Waals surface area contributed by atoms with Gasteiger partial charge in [0.05, 0.1) is 6.54 Å². The Hall–Kier alpha value is -2.63. The molecule has 0 fully saturated rings. The summed E-state index contributed by atoms with van der Waals surface area (Å²) in [6.07, 6.45) is 0.614. The van der Waals surface area contributed by atoms with Crippen LogP contribution in [0.5, 0.6) is 5.75 Å². The van der Waals surface area contributed by atoms with Gasteiger partial charge in [0, 0.05) is 12.2 Å². The van der Waals surface area contributed by atoms with Gasteiger partial charge in [0.15, 0.2) is 0 Å². The molecule has 0 aromatic heterocycles. The molecular formula is C20H24F2N2O2. The molecule has 2 N–H and O–H groups in total. The van der Waals surface area contributed by atoms with Gasteiger partial charge < -0.3 is 15.4 Å². The van der Waals surface area contributed by atoms with Crippen LogP contribution in [-0.4, -0.2) is 25.6 Å². The summed E-state index contributed by atoms with van der Waals surface area (Å²) in [5.74, 6) is 0.404. The molecule has 0 saturated heterocycles. The zero-order valence-electron chi connectivity index (χ0n) is 15.0. The van der Waals surface area contributed by atoms with Crippen molar-refractivity contribution in [2.24, 2.45) is 0 Å². The van der Waals surface area contributed by atoms with Crippen LogP contribution in [0.15, 0.2) is 48.5 Å². The molecule has 4 nitrogen and oxygen atoms in total. The van der Waals surface area contributed by atoms with E-state index in [4.69, 9.17) is 0 Å². The molecular weight excluding hydrogens is 338 g/mol. The van der Waals surface area contributed by atoms with Crippen molar-refractivity contribution in [3.05, 3.63) is 59.7 Å². The summed E-state index contributed by atoms with van der Waals surface area (Å²) in [7, 11) is 0. The Kier molecular flexibility index (Phi) is 7.38. The van der Waals surface area contributed by atoms with E-state index in [1.165, 1.54) is 17.7 Å². The van der Waals surface area contributed by atoms with Gasteiger partial charge in [-0.05, 0) is 41.7 Å². The number of benzene rings is 2. The number of hydrogen-bond donors (Lipinski definition) is 2. The van der Waals surface area contributed by atoms with Crippen LogP contribution in [0.25, 0.3) is 0 Å². The molecule has 0 aliphatic rings. The molecule has 0 saturated carbocycles. The van der Waals surface area contributed by atoms with E-state index in [0.717, 1.165) is 11.3 Å². The van der Waals surface area contributed by atoms with Gasteiger partial charge in [-0.2, -0.15) is 8.78 Å². The topological polar surface area (TPSA) is 50.4 Å². The summed E-state index contributed by atoms with van der Waals surface area (Å²) in [5.41, 5.74) is 3.07. The van der Waals surface area contributed by atoms with Crippen molar-refractivity contribution < 1.29 is 18.3 Å². The van der Waals surface area contributed by atoms with Gasteiger partial charge in [-0.3, -0.25) is 4.79 Å². The van der Waals surface area contributed by atoms with Gasteiger partial charge in [0.2, 0.25) is 5.91 Å². The van der Waals surface area contributed by atoms with Crippen molar-refractivity contribution in [1.82, 2.24) is 5.32 Å². The molecule has 2 rings (SSSR count). The number of alkyl halides is 2.